The third kappa shape index (κ3) is 5.64. The van der Waals surface area contributed by atoms with Crippen LogP contribution in [0.25, 0.3) is 0 Å². The fourth-order valence-corrected chi connectivity index (χ4v) is 1.80. The van der Waals surface area contributed by atoms with E-state index in [1.54, 1.807) is 24.5 Å². The van der Waals surface area contributed by atoms with Crippen molar-refractivity contribution in [3.63, 3.8) is 0 Å². The summed E-state index contributed by atoms with van der Waals surface area (Å²) in [6.07, 6.45) is 5.14. The molecule has 5 nitrogen and oxygen atoms in total. The average molecular weight is 291 g/mol. The van der Waals surface area contributed by atoms with Gasteiger partial charge in [0.25, 0.3) is 0 Å². The number of rotatable bonds is 8. The van der Waals surface area contributed by atoms with Crippen molar-refractivity contribution in [3.05, 3.63) is 48.3 Å². The zero-order chi connectivity index (χ0) is 14.9. The third-order valence-corrected chi connectivity index (χ3v) is 2.87. The number of imidazole rings is 1. The van der Waals surface area contributed by atoms with E-state index in [0.717, 1.165) is 5.82 Å². The lowest BCUT2D eigenvalue weighted by atomic mass is 10.3. The van der Waals surface area contributed by atoms with Crippen LogP contribution >= 0.6 is 0 Å². The molecule has 1 aromatic heterocycles. The Morgan fingerprint density at radius 3 is 2.86 bits per heavy atom. The second kappa shape index (κ2) is 8.04. The second-order valence-electron chi connectivity index (χ2n) is 4.54. The fourth-order valence-electron chi connectivity index (χ4n) is 1.80. The minimum atomic E-state index is -0.293. The number of aromatic nitrogens is 2. The van der Waals surface area contributed by atoms with Gasteiger partial charge >= 0.3 is 0 Å². The Morgan fingerprint density at radius 2 is 2.14 bits per heavy atom. The molecule has 1 heterocycles. The van der Waals surface area contributed by atoms with Gasteiger partial charge < -0.3 is 15.0 Å². The summed E-state index contributed by atoms with van der Waals surface area (Å²) in [5.41, 5.74) is 0. The number of nitrogens with one attached hydrogen (secondary N) is 2. The summed E-state index contributed by atoms with van der Waals surface area (Å²) >= 11 is 0. The standard InChI is InChI=1S/C15H18FN3O2/c16-12-3-5-13(6-4-12)21-11-1-2-15(20)19-8-7-14-17-9-10-18-14/h3-6,9-10H,1-2,7-8,11H2,(H,17,18)(H,19,20). The van der Waals surface area contributed by atoms with Gasteiger partial charge in [0.1, 0.15) is 17.4 Å². The molecule has 6 heteroatoms. The van der Waals surface area contributed by atoms with E-state index in [4.69, 9.17) is 4.74 Å². The molecular formula is C15H18FN3O2. The van der Waals surface area contributed by atoms with Crippen LogP contribution in [-0.2, 0) is 11.2 Å². The fraction of sp³-hybridized carbons (Fsp3) is 0.333. The van der Waals surface area contributed by atoms with Crippen LogP contribution in [0.2, 0.25) is 0 Å². The minimum Gasteiger partial charge on any atom is -0.494 e. The molecular weight excluding hydrogens is 273 g/mol. The molecule has 0 unspecified atom stereocenters. The van der Waals surface area contributed by atoms with Crippen LogP contribution in [0.15, 0.2) is 36.7 Å². The largest absolute Gasteiger partial charge is 0.494 e. The monoisotopic (exact) mass is 291 g/mol. The maximum atomic E-state index is 12.7. The number of carbonyl (C=O) groups excluding carboxylic acids is 1. The van der Waals surface area contributed by atoms with Gasteiger partial charge in [-0.15, -0.1) is 0 Å². The van der Waals surface area contributed by atoms with E-state index in [-0.39, 0.29) is 11.7 Å². The Bertz CT molecular complexity index is 541. The van der Waals surface area contributed by atoms with Gasteiger partial charge in [-0.2, -0.15) is 0 Å². The number of amides is 1. The van der Waals surface area contributed by atoms with Crippen molar-refractivity contribution in [2.75, 3.05) is 13.2 Å². The predicted molar refractivity (Wildman–Crippen MR) is 76.4 cm³/mol. The molecule has 0 bridgehead atoms. The normalized spacial score (nSPS) is 10.3. The van der Waals surface area contributed by atoms with Gasteiger partial charge in [-0.05, 0) is 30.7 Å². The number of hydrogen-bond acceptors (Lipinski definition) is 3. The average Bonchev–Trinajstić information content (AvgIpc) is 2.99. The number of ether oxygens (including phenoxy) is 1. The molecule has 21 heavy (non-hydrogen) atoms. The van der Waals surface area contributed by atoms with E-state index < -0.39 is 0 Å². The van der Waals surface area contributed by atoms with Crippen molar-refractivity contribution in [1.82, 2.24) is 15.3 Å². The molecule has 0 fully saturated rings. The summed E-state index contributed by atoms with van der Waals surface area (Å²) in [4.78, 5) is 18.6. The number of H-pyrrole nitrogens is 1. The van der Waals surface area contributed by atoms with Gasteiger partial charge in [-0.1, -0.05) is 0 Å². The summed E-state index contributed by atoms with van der Waals surface area (Å²) in [6, 6.07) is 5.82. The summed E-state index contributed by atoms with van der Waals surface area (Å²) in [7, 11) is 0. The Labute approximate surface area is 122 Å². The van der Waals surface area contributed by atoms with Crippen molar-refractivity contribution in [1.29, 1.82) is 0 Å². The quantitative estimate of drug-likeness (QED) is 0.732. The molecule has 0 aliphatic heterocycles. The second-order valence-corrected chi connectivity index (χ2v) is 4.54. The predicted octanol–water partition coefficient (Wildman–Crippen LogP) is 2.07. The number of nitrogens with zero attached hydrogens (tertiary/aromatic N) is 1. The highest BCUT2D eigenvalue weighted by atomic mass is 19.1. The smallest absolute Gasteiger partial charge is 0.220 e. The molecule has 0 aliphatic carbocycles. The van der Waals surface area contributed by atoms with E-state index >= 15 is 0 Å². The van der Waals surface area contributed by atoms with Gasteiger partial charge in [0, 0.05) is 31.8 Å². The molecule has 112 valence electrons. The molecule has 0 radical (unpaired) electrons. The molecule has 0 aliphatic rings. The first-order valence-corrected chi connectivity index (χ1v) is 6.87. The van der Waals surface area contributed by atoms with E-state index in [9.17, 15) is 9.18 Å². The summed E-state index contributed by atoms with van der Waals surface area (Å²) in [5.74, 6) is 1.16. The first-order valence-electron chi connectivity index (χ1n) is 6.87. The van der Waals surface area contributed by atoms with Crippen molar-refractivity contribution in [3.8, 4) is 5.75 Å². The lowest BCUT2D eigenvalue weighted by molar-refractivity contribution is -0.121. The van der Waals surface area contributed by atoms with Gasteiger partial charge in [0.2, 0.25) is 5.91 Å². The maximum Gasteiger partial charge on any atom is 0.220 e. The Hall–Kier alpha value is -2.37. The molecule has 2 rings (SSSR count). The minimum absolute atomic E-state index is 0.00994. The number of carbonyl (C=O) groups is 1. The van der Waals surface area contributed by atoms with Crippen LogP contribution in [0.4, 0.5) is 4.39 Å². The number of halogens is 1. The van der Waals surface area contributed by atoms with Crippen molar-refractivity contribution >= 4 is 5.91 Å². The highest BCUT2D eigenvalue weighted by Crippen LogP contribution is 2.11. The van der Waals surface area contributed by atoms with Crippen molar-refractivity contribution < 1.29 is 13.9 Å². The lowest BCUT2D eigenvalue weighted by Crippen LogP contribution is -2.26. The number of benzene rings is 1. The molecule has 0 spiro atoms. The Balaban J connectivity index is 1.53. The molecule has 1 amide bonds. The zero-order valence-corrected chi connectivity index (χ0v) is 11.6. The molecule has 1 aromatic carbocycles. The van der Waals surface area contributed by atoms with Gasteiger partial charge in [0.05, 0.1) is 6.61 Å². The summed E-state index contributed by atoms with van der Waals surface area (Å²) in [6.45, 7) is 0.988. The zero-order valence-electron chi connectivity index (χ0n) is 11.6. The molecule has 2 aromatic rings. The SMILES string of the molecule is O=C(CCCOc1ccc(F)cc1)NCCc1ncc[nH]1. The number of aromatic amines is 1. The van der Waals surface area contributed by atoms with E-state index in [1.165, 1.54) is 12.1 Å². The summed E-state index contributed by atoms with van der Waals surface area (Å²) < 4.78 is 18.1. The van der Waals surface area contributed by atoms with Crippen LogP contribution in [0.3, 0.4) is 0 Å². The van der Waals surface area contributed by atoms with Gasteiger partial charge in [-0.25, -0.2) is 9.37 Å². The van der Waals surface area contributed by atoms with Gasteiger partial charge in [0.15, 0.2) is 0 Å². The first kappa shape index (κ1) is 15.0. The Kier molecular flexibility index (Phi) is 5.75. The van der Waals surface area contributed by atoms with Crippen LogP contribution in [-0.4, -0.2) is 29.0 Å². The first-order chi connectivity index (χ1) is 10.2. The van der Waals surface area contributed by atoms with Gasteiger partial charge in [-0.3, -0.25) is 4.79 Å². The van der Waals surface area contributed by atoms with Crippen LogP contribution in [0, 0.1) is 5.82 Å². The lowest BCUT2D eigenvalue weighted by Gasteiger charge is -2.06. The summed E-state index contributed by atoms with van der Waals surface area (Å²) in [5, 5.41) is 2.82. The van der Waals surface area contributed by atoms with Crippen molar-refractivity contribution in [2.45, 2.75) is 19.3 Å². The maximum absolute atomic E-state index is 12.7. The van der Waals surface area contributed by atoms with Crippen LogP contribution in [0.1, 0.15) is 18.7 Å². The molecule has 0 saturated carbocycles. The molecule has 0 atom stereocenters. The Morgan fingerprint density at radius 1 is 1.33 bits per heavy atom. The van der Waals surface area contributed by atoms with E-state index in [0.29, 0.717) is 38.2 Å². The van der Waals surface area contributed by atoms with Crippen LogP contribution in [0.5, 0.6) is 5.75 Å². The topological polar surface area (TPSA) is 67.0 Å². The van der Waals surface area contributed by atoms with E-state index in [1.807, 2.05) is 0 Å². The highest BCUT2D eigenvalue weighted by molar-refractivity contribution is 5.75. The molecule has 0 saturated heterocycles. The van der Waals surface area contributed by atoms with E-state index in [2.05, 4.69) is 15.3 Å². The van der Waals surface area contributed by atoms with Crippen LogP contribution < -0.4 is 10.1 Å². The highest BCUT2D eigenvalue weighted by Gasteiger charge is 2.02. The number of hydrogen-bond donors (Lipinski definition) is 2. The molecule has 2 N–H and O–H groups in total. The third-order valence-electron chi connectivity index (χ3n) is 2.87. The van der Waals surface area contributed by atoms with Crippen molar-refractivity contribution in [2.24, 2.45) is 0 Å².